The molecule has 3 rings (SSSR count). The Bertz CT molecular complexity index is 1230. The van der Waals surface area contributed by atoms with Crippen molar-refractivity contribution in [3.63, 3.8) is 0 Å². The van der Waals surface area contributed by atoms with E-state index in [-0.39, 0.29) is 16.9 Å². The maximum atomic E-state index is 14.0. The molecule has 3 aromatic carbocycles. The van der Waals surface area contributed by atoms with Crippen molar-refractivity contribution in [2.45, 2.75) is 0 Å². The predicted molar refractivity (Wildman–Crippen MR) is 118 cm³/mol. The van der Waals surface area contributed by atoms with E-state index in [1.54, 1.807) is 24.3 Å². The number of nitrogens with two attached hydrogens (primary N) is 1. The van der Waals surface area contributed by atoms with Gasteiger partial charge in [0.05, 0.1) is 11.2 Å². The number of halogens is 3. The number of nitro groups is 1. The summed E-state index contributed by atoms with van der Waals surface area (Å²) in [6.45, 7) is 0. The number of benzene rings is 3. The lowest BCUT2D eigenvalue weighted by atomic mass is 10.0. The van der Waals surface area contributed by atoms with E-state index in [1.165, 1.54) is 18.2 Å². The van der Waals surface area contributed by atoms with Crippen LogP contribution in [0.1, 0.15) is 0 Å². The maximum absolute atomic E-state index is 14.0. The van der Waals surface area contributed by atoms with Crippen LogP contribution in [0.2, 0.25) is 0 Å². The normalized spacial score (nSPS) is 10.7. The van der Waals surface area contributed by atoms with Gasteiger partial charge in [-0.1, -0.05) is 15.9 Å². The van der Waals surface area contributed by atoms with Gasteiger partial charge < -0.3 is 11.1 Å². The van der Waals surface area contributed by atoms with Gasteiger partial charge >= 0.3 is 0 Å². The van der Waals surface area contributed by atoms with Crippen molar-refractivity contribution in [1.29, 1.82) is 0 Å². The van der Waals surface area contributed by atoms with Crippen LogP contribution in [0.25, 0.3) is 11.1 Å². The van der Waals surface area contributed by atoms with Crippen molar-refractivity contribution in [2.75, 3.05) is 17.3 Å². The molecular weight excluding hydrogens is 500 g/mol. The number of rotatable bonds is 4. The summed E-state index contributed by atoms with van der Waals surface area (Å²) < 4.78 is 53.6. The minimum Gasteiger partial charge on any atom is -0.399 e. The van der Waals surface area contributed by atoms with Gasteiger partial charge in [0.2, 0.25) is 0 Å². The summed E-state index contributed by atoms with van der Waals surface area (Å²) in [5.41, 5.74) is 7.37. The van der Waals surface area contributed by atoms with Gasteiger partial charge in [0.1, 0.15) is 17.3 Å². The molecule has 0 unspecified atom stereocenters. The van der Waals surface area contributed by atoms with Crippen LogP contribution in [-0.2, 0) is 10.1 Å². The lowest BCUT2D eigenvalue weighted by Gasteiger charge is -2.11. The van der Waals surface area contributed by atoms with Gasteiger partial charge in [-0.05, 0) is 48.0 Å². The lowest BCUT2D eigenvalue weighted by Crippen LogP contribution is -1.98. The fourth-order valence-electron chi connectivity index (χ4n) is 2.52. The summed E-state index contributed by atoms with van der Waals surface area (Å²) in [7, 11) is -3.67. The summed E-state index contributed by atoms with van der Waals surface area (Å²) in [4.78, 5) is 10.7. The highest BCUT2D eigenvalue weighted by Gasteiger charge is 2.15. The number of nitrogens with one attached hydrogen (secondary N) is 1. The third-order valence-corrected chi connectivity index (χ3v) is 4.13. The van der Waals surface area contributed by atoms with E-state index in [2.05, 4.69) is 21.2 Å². The van der Waals surface area contributed by atoms with Crippen LogP contribution in [-0.4, -0.2) is 24.1 Å². The molecule has 0 aliphatic carbocycles. The Labute approximate surface area is 184 Å². The fourth-order valence-corrected chi connectivity index (χ4v) is 2.87. The molecule has 0 heterocycles. The van der Waals surface area contributed by atoms with E-state index in [4.69, 9.17) is 10.3 Å². The Morgan fingerprint density at radius 1 is 1.10 bits per heavy atom. The average Bonchev–Trinajstić information content (AvgIpc) is 2.61. The molecule has 8 nitrogen and oxygen atoms in total. The fraction of sp³-hybridized carbons (Fsp3) is 0.0526. The van der Waals surface area contributed by atoms with Crippen molar-refractivity contribution in [1.82, 2.24) is 0 Å². The van der Waals surface area contributed by atoms with Crippen molar-refractivity contribution in [3.8, 4) is 11.1 Å². The largest absolute Gasteiger partial charge is 0.399 e. The van der Waals surface area contributed by atoms with E-state index in [9.17, 15) is 27.3 Å². The maximum Gasteiger partial charge on any atom is 0.293 e. The molecule has 0 saturated heterocycles. The highest BCUT2D eigenvalue weighted by molar-refractivity contribution is 9.10. The third kappa shape index (κ3) is 7.59. The average molecular weight is 516 g/mol. The van der Waals surface area contributed by atoms with Gasteiger partial charge in [0, 0.05) is 33.5 Å². The zero-order valence-corrected chi connectivity index (χ0v) is 18.2. The first kappa shape index (κ1) is 24.2. The standard InChI is InChI=1S/C18H12BrF2N3O2.CH4O3S/c19-11-1-4-17(18(7-11)24(25)26)23-14-6-10(5-13(22)9-14)15-3-2-12(20)8-16(15)21;1-5(2,3)4/h1-9,23H,22H2;1H3,(H,2,3,4). The van der Waals surface area contributed by atoms with Crippen molar-refractivity contribution >= 4 is 48.8 Å². The zero-order valence-electron chi connectivity index (χ0n) is 15.8. The Kier molecular flexibility index (Phi) is 7.65. The van der Waals surface area contributed by atoms with Gasteiger partial charge in [-0.3, -0.25) is 14.7 Å². The highest BCUT2D eigenvalue weighted by atomic mass is 79.9. The molecule has 164 valence electrons. The molecule has 0 saturated carbocycles. The highest BCUT2D eigenvalue weighted by Crippen LogP contribution is 2.34. The van der Waals surface area contributed by atoms with Crippen LogP contribution in [0.15, 0.2) is 59.1 Å². The third-order valence-electron chi connectivity index (χ3n) is 3.63. The Hall–Kier alpha value is -3.09. The monoisotopic (exact) mass is 515 g/mol. The first-order valence-corrected chi connectivity index (χ1v) is 11.0. The molecule has 0 amide bonds. The topological polar surface area (TPSA) is 136 Å². The van der Waals surface area contributed by atoms with Crippen LogP contribution in [0.3, 0.4) is 0 Å². The number of hydrogen-bond donors (Lipinski definition) is 3. The summed E-state index contributed by atoms with van der Waals surface area (Å²) in [5, 5.41) is 14.2. The predicted octanol–water partition coefficient (Wildman–Crippen LogP) is 5.13. The van der Waals surface area contributed by atoms with Gasteiger partial charge in [-0.2, -0.15) is 8.42 Å². The van der Waals surface area contributed by atoms with Crippen LogP contribution in [0.5, 0.6) is 0 Å². The molecule has 0 aliphatic rings. The quantitative estimate of drug-likeness (QED) is 0.189. The number of nitrogen functional groups attached to an aromatic ring is 1. The summed E-state index contributed by atoms with van der Waals surface area (Å²) >= 11 is 3.19. The van der Waals surface area contributed by atoms with Crippen molar-refractivity contribution < 1.29 is 26.7 Å². The summed E-state index contributed by atoms with van der Waals surface area (Å²) in [6.07, 6.45) is 0.715. The lowest BCUT2D eigenvalue weighted by molar-refractivity contribution is -0.384. The van der Waals surface area contributed by atoms with E-state index < -0.39 is 26.7 Å². The van der Waals surface area contributed by atoms with E-state index in [0.717, 1.165) is 12.1 Å². The summed E-state index contributed by atoms with van der Waals surface area (Å²) in [5.74, 6) is -1.41. The SMILES string of the molecule is CS(=O)(=O)O.Nc1cc(Nc2ccc(Br)cc2[N+](=O)[O-])cc(-c2ccc(F)cc2F)c1. The molecular formula is C19H16BrF2N3O5S. The number of anilines is 3. The molecule has 0 aromatic heterocycles. The molecule has 0 bridgehead atoms. The minimum atomic E-state index is -3.67. The second-order valence-electron chi connectivity index (χ2n) is 6.24. The first-order chi connectivity index (χ1) is 14.3. The first-order valence-electron chi connectivity index (χ1n) is 8.33. The van der Waals surface area contributed by atoms with E-state index >= 15 is 0 Å². The van der Waals surface area contributed by atoms with Crippen LogP contribution >= 0.6 is 15.9 Å². The van der Waals surface area contributed by atoms with Gasteiger partial charge in [-0.15, -0.1) is 0 Å². The second kappa shape index (κ2) is 9.81. The van der Waals surface area contributed by atoms with Crippen LogP contribution < -0.4 is 11.1 Å². The van der Waals surface area contributed by atoms with Crippen LogP contribution in [0.4, 0.5) is 31.5 Å². The van der Waals surface area contributed by atoms with E-state index in [0.29, 0.717) is 27.7 Å². The van der Waals surface area contributed by atoms with Gasteiger partial charge in [-0.25, -0.2) is 8.78 Å². The zero-order chi connectivity index (χ0) is 23.3. The molecule has 0 radical (unpaired) electrons. The Morgan fingerprint density at radius 2 is 1.74 bits per heavy atom. The molecule has 4 N–H and O–H groups in total. The molecule has 0 spiro atoms. The number of nitrogens with zero attached hydrogens (tertiary/aromatic N) is 1. The molecule has 0 atom stereocenters. The number of nitro benzene ring substituents is 1. The summed E-state index contributed by atoms with van der Waals surface area (Å²) in [6, 6.07) is 12.5. The van der Waals surface area contributed by atoms with Gasteiger partial charge in [0.15, 0.2) is 0 Å². The number of hydrogen-bond acceptors (Lipinski definition) is 6. The molecule has 3 aromatic rings. The Balaban J connectivity index is 0.000000614. The van der Waals surface area contributed by atoms with Crippen LogP contribution in [0, 0.1) is 21.7 Å². The molecule has 0 aliphatic heterocycles. The molecule has 12 heteroatoms. The Morgan fingerprint density at radius 3 is 2.32 bits per heavy atom. The smallest absolute Gasteiger partial charge is 0.293 e. The molecule has 31 heavy (non-hydrogen) atoms. The van der Waals surface area contributed by atoms with E-state index in [1.807, 2.05) is 0 Å². The van der Waals surface area contributed by atoms with Crippen molar-refractivity contribution in [2.24, 2.45) is 0 Å². The van der Waals surface area contributed by atoms with Gasteiger partial charge in [0.25, 0.3) is 15.8 Å². The van der Waals surface area contributed by atoms with Crippen molar-refractivity contribution in [3.05, 3.63) is 80.8 Å². The molecule has 0 fully saturated rings. The minimum absolute atomic E-state index is 0.128. The second-order valence-corrected chi connectivity index (χ2v) is 8.63.